The Morgan fingerprint density at radius 2 is 2.40 bits per heavy atom. The zero-order chi connectivity index (χ0) is 4.12. The summed E-state index contributed by atoms with van der Waals surface area (Å²) < 4.78 is 0. The van der Waals surface area contributed by atoms with Crippen molar-refractivity contribution < 1.29 is 0 Å². The van der Waals surface area contributed by atoms with E-state index in [-0.39, 0.29) is 0 Å². The van der Waals surface area contributed by atoms with Crippen molar-refractivity contribution >= 4 is 16.5 Å². The van der Waals surface area contributed by atoms with Crippen LogP contribution in [0.3, 0.4) is 0 Å². The van der Waals surface area contributed by atoms with E-state index in [1.54, 1.807) is 0 Å². The molecule has 0 N–H and O–H groups in total. The van der Waals surface area contributed by atoms with Gasteiger partial charge in [-0.1, -0.05) is 0 Å². The molecule has 0 rings (SSSR count). The molecule has 0 saturated heterocycles. The Kier molecular flexibility index (Phi) is 4.53. The monoisotopic (exact) mass is 129 g/mol. The zero-order valence-corrected chi connectivity index (χ0v) is 5.46. The van der Waals surface area contributed by atoms with E-state index in [1.807, 2.05) is 6.92 Å². The minimum absolute atomic E-state index is 1.16. The van der Waals surface area contributed by atoms with E-state index >= 15 is 0 Å². The summed E-state index contributed by atoms with van der Waals surface area (Å²) in [5.41, 5.74) is 0. The van der Waals surface area contributed by atoms with Crippen LogP contribution in [0.4, 0.5) is 0 Å². The van der Waals surface area contributed by atoms with Gasteiger partial charge in [-0.25, -0.2) is 0 Å². The van der Waals surface area contributed by atoms with Crippen LogP contribution in [-0.4, -0.2) is 16.5 Å². The third-order valence-corrected chi connectivity index (χ3v) is 0.848. The van der Waals surface area contributed by atoms with Gasteiger partial charge in [-0.05, 0) is 0 Å². The van der Waals surface area contributed by atoms with Gasteiger partial charge >= 0.3 is 40.8 Å². The van der Waals surface area contributed by atoms with Crippen molar-refractivity contribution in [3.63, 3.8) is 0 Å². The van der Waals surface area contributed by atoms with E-state index in [0.29, 0.717) is 0 Å². The molecular formula is C4H7Ge. The van der Waals surface area contributed by atoms with Crippen molar-refractivity contribution in [2.45, 2.75) is 12.2 Å². The molecule has 0 amide bonds. The second kappa shape index (κ2) is 4.28. The van der Waals surface area contributed by atoms with Gasteiger partial charge in [0.2, 0.25) is 0 Å². The fraction of sp³-hybridized carbons (Fsp3) is 0.500. The van der Waals surface area contributed by atoms with Crippen LogP contribution in [0.25, 0.3) is 0 Å². The Morgan fingerprint density at radius 1 is 1.80 bits per heavy atom. The minimum atomic E-state index is 1.16. The predicted molar refractivity (Wildman–Crippen MR) is 25.4 cm³/mol. The summed E-state index contributed by atoms with van der Waals surface area (Å²) in [5, 5.41) is 1.16. The summed E-state index contributed by atoms with van der Waals surface area (Å²) in [7, 11) is 0. The Hall–Kier alpha value is 0.283. The van der Waals surface area contributed by atoms with Gasteiger partial charge in [0.05, 0.1) is 0 Å². The van der Waals surface area contributed by atoms with E-state index in [2.05, 4.69) is 28.7 Å². The average molecular weight is 128 g/mol. The van der Waals surface area contributed by atoms with Crippen molar-refractivity contribution in [2.75, 3.05) is 0 Å². The third-order valence-electron chi connectivity index (χ3n) is 0.354. The van der Waals surface area contributed by atoms with Gasteiger partial charge in [0.15, 0.2) is 0 Å². The Labute approximate surface area is 41.5 Å². The SMILES string of the molecule is CC=C[CH2][Ge]. The Morgan fingerprint density at radius 3 is 2.40 bits per heavy atom. The quantitative estimate of drug-likeness (QED) is 0.366. The summed E-state index contributed by atoms with van der Waals surface area (Å²) in [4.78, 5) is 0. The van der Waals surface area contributed by atoms with E-state index in [9.17, 15) is 0 Å². The Bertz CT molecular complexity index is 30.6. The normalized spacial score (nSPS) is 10.0. The van der Waals surface area contributed by atoms with Crippen molar-refractivity contribution in [2.24, 2.45) is 0 Å². The molecule has 0 nitrogen and oxygen atoms in total. The fourth-order valence-electron chi connectivity index (χ4n) is 0.118. The van der Waals surface area contributed by atoms with Crippen LogP contribution >= 0.6 is 0 Å². The van der Waals surface area contributed by atoms with Crippen LogP contribution in [0.2, 0.25) is 5.25 Å². The van der Waals surface area contributed by atoms with Gasteiger partial charge in [-0.15, -0.1) is 0 Å². The van der Waals surface area contributed by atoms with E-state index in [0.717, 1.165) is 5.25 Å². The molecule has 27 valence electrons. The molecule has 0 fully saturated rings. The molecular weight excluding hydrogens is 121 g/mol. The van der Waals surface area contributed by atoms with Crippen LogP contribution in [0.1, 0.15) is 6.92 Å². The summed E-state index contributed by atoms with van der Waals surface area (Å²) in [6.45, 7) is 2.03. The number of allylic oxidation sites excluding steroid dienone is 2. The summed E-state index contributed by atoms with van der Waals surface area (Å²) >= 11 is 2.12. The molecule has 0 aliphatic carbocycles. The van der Waals surface area contributed by atoms with Crippen LogP contribution in [0.15, 0.2) is 12.2 Å². The van der Waals surface area contributed by atoms with Gasteiger partial charge < -0.3 is 0 Å². The van der Waals surface area contributed by atoms with Crippen LogP contribution in [0, 0.1) is 0 Å². The standard InChI is InChI=1S/C4H7Ge/c1-2-3-4-5/h2-3H,4H2,1H3. The van der Waals surface area contributed by atoms with Crippen molar-refractivity contribution in [3.8, 4) is 0 Å². The van der Waals surface area contributed by atoms with Gasteiger partial charge in [0.25, 0.3) is 0 Å². The average Bonchev–Trinajstić information content (AvgIpc) is 1.41. The molecule has 0 unspecified atom stereocenters. The summed E-state index contributed by atoms with van der Waals surface area (Å²) in [6.07, 6.45) is 4.18. The van der Waals surface area contributed by atoms with E-state index in [4.69, 9.17) is 0 Å². The molecule has 0 atom stereocenters. The van der Waals surface area contributed by atoms with E-state index in [1.165, 1.54) is 0 Å². The fourth-order valence-corrected chi connectivity index (χ4v) is 0.612. The second-order valence-corrected chi connectivity index (χ2v) is 1.63. The molecule has 0 heterocycles. The summed E-state index contributed by atoms with van der Waals surface area (Å²) in [6, 6.07) is 0. The molecule has 0 aliphatic heterocycles. The van der Waals surface area contributed by atoms with Crippen molar-refractivity contribution in [3.05, 3.63) is 12.2 Å². The van der Waals surface area contributed by atoms with Crippen molar-refractivity contribution in [1.82, 2.24) is 0 Å². The molecule has 5 heavy (non-hydrogen) atoms. The molecule has 1 heteroatoms. The summed E-state index contributed by atoms with van der Waals surface area (Å²) in [5.74, 6) is 0. The molecule has 0 aromatic heterocycles. The molecule has 0 aromatic rings. The van der Waals surface area contributed by atoms with Gasteiger partial charge in [-0.2, -0.15) is 0 Å². The predicted octanol–water partition coefficient (Wildman–Crippen LogP) is 1.15. The van der Waals surface area contributed by atoms with Crippen LogP contribution in [-0.2, 0) is 0 Å². The topological polar surface area (TPSA) is 0 Å². The number of hydrogen-bond donors (Lipinski definition) is 0. The van der Waals surface area contributed by atoms with Gasteiger partial charge in [0.1, 0.15) is 0 Å². The molecule has 0 bridgehead atoms. The van der Waals surface area contributed by atoms with Crippen molar-refractivity contribution in [1.29, 1.82) is 0 Å². The second-order valence-electron chi connectivity index (χ2n) is 0.773. The van der Waals surface area contributed by atoms with Crippen LogP contribution < -0.4 is 0 Å². The molecule has 0 aromatic carbocycles. The first-order chi connectivity index (χ1) is 2.41. The number of rotatable bonds is 1. The maximum absolute atomic E-state index is 2.12. The molecule has 0 spiro atoms. The molecule has 3 radical (unpaired) electrons. The molecule has 0 aliphatic rings. The Balaban J connectivity index is 2.62. The van der Waals surface area contributed by atoms with Crippen LogP contribution in [0.5, 0.6) is 0 Å². The third kappa shape index (κ3) is 4.28. The van der Waals surface area contributed by atoms with Gasteiger partial charge in [0, 0.05) is 0 Å². The first kappa shape index (κ1) is 5.28. The first-order valence-electron chi connectivity index (χ1n) is 1.67. The van der Waals surface area contributed by atoms with E-state index < -0.39 is 0 Å². The maximum atomic E-state index is 2.12. The molecule has 0 saturated carbocycles. The zero-order valence-electron chi connectivity index (χ0n) is 3.36. The number of hydrogen-bond acceptors (Lipinski definition) is 0. The first-order valence-corrected chi connectivity index (χ1v) is 3.16. The van der Waals surface area contributed by atoms with Gasteiger partial charge in [-0.3, -0.25) is 0 Å².